The van der Waals surface area contributed by atoms with Gasteiger partial charge in [0.1, 0.15) is 5.75 Å². The molecule has 1 aliphatic rings. The number of benzene rings is 2. The molecule has 29 heavy (non-hydrogen) atoms. The number of ether oxygens (including phenoxy) is 1. The Kier molecular flexibility index (Phi) is 5.57. The SMILES string of the molecule is COc1ccc(C2CC(c3ccccc3)=NN2C(=O)CSc2nnnn2C)cc1. The number of hydrogen-bond acceptors (Lipinski definition) is 7. The Bertz CT molecular complexity index is 1020. The number of thioether (sulfide) groups is 1. The van der Waals surface area contributed by atoms with Crippen LogP contribution >= 0.6 is 11.8 Å². The van der Waals surface area contributed by atoms with Crippen LogP contribution in [-0.2, 0) is 11.8 Å². The molecule has 3 aromatic rings. The minimum absolute atomic E-state index is 0.0928. The van der Waals surface area contributed by atoms with E-state index in [9.17, 15) is 4.79 Å². The molecule has 0 N–H and O–H groups in total. The molecule has 1 aliphatic heterocycles. The highest BCUT2D eigenvalue weighted by Crippen LogP contribution is 2.34. The van der Waals surface area contributed by atoms with Crippen molar-refractivity contribution in [2.24, 2.45) is 12.1 Å². The highest BCUT2D eigenvalue weighted by molar-refractivity contribution is 7.99. The van der Waals surface area contributed by atoms with Gasteiger partial charge in [-0.15, -0.1) is 5.10 Å². The summed E-state index contributed by atoms with van der Waals surface area (Å²) in [6.07, 6.45) is 0.651. The molecule has 9 heteroatoms. The lowest BCUT2D eigenvalue weighted by Crippen LogP contribution is -2.28. The van der Waals surface area contributed by atoms with E-state index in [2.05, 4.69) is 20.6 Å². The Labute approximate surface area is 172 Å². The maximum absolute atomic E-state index is 13.0. The smallest absolute Gasteiger partial charge is 0.253 e. The lowest BCUT2D eigenvalue weighted by Gasteiger charge is -2.22. The first-order valence-corrected chi connectivity index (χ1v) is 10.1. The molecule has 2 aromatic carbocycles. The third-order valence-electron chi connectivity index (χ3n) is 4.68. The largest absolute Gasteiger partial charge is 0.497 e. The highest BCUT2D eigenvalue weighted by Gasteiger charge is 2.33. The molecule has 0 saturated heterocycles. The van der Waals surface area contributed by atoms with Crippen LogP contribution in [0.15, 0.2) is 64.9 Å². The van der Waals surface area contributed by atoms with Gasteiger partial charge in [0.15, 0.2) is 0 Å². The minimum Gasteiger partial charge on any atom is -0.497 e. The van der Waals surface area contributed by atoms with Gasteiger partial charge in [-0.2, -0.15) is 5.10 Å². The molecule has 148 valence electrons. The van der Waals surface area contributed by atoms with Crippen molar-refractivity contribution in [3.63, 3.8) is 0 Å². The van der Waals surface area contributed by atoms with Crippen LogP contribution in [0.25, 0.3) is 0 Å². The van der Waals surface area contributed by atoms with Gasteiger partial charge in [0.2, 0.25) is 5.16 Å². The first-order valence-electron chi connectivity index (χ1n) is 9.10. The topological polar surface area (TPSA) is 85.5 Å². The first kappa shape index (κ1) is 19.1. The average molecular weight is 408 g/mol. The third-order valence-corrected chi connectivity index (χ3v) is 5.67. The number of hydrogen-bond donors (Lipinski definition) is 0. The van der Waals surface area contributed by atoms with Gasteiger partial charge in [0.05, 0.1) is 24.6 Å². The van der Waals surface area contributed by atoms with Crippen LogP contribution in [0.2, 0.25) is 0 Å². The van der Waals surface area contributed by atoms with Crippen molar-refractivity contribution in [1.82, 2.24) is 25.2 Å². The summed E-state index contributed by atoms with van der Waals surface area (Å²) >= 11 is 1.30. The highest BCUT2D eigenvalue weighted by atomic mass is 32.2. The van der Waals surface area contributed by atoms with Gasteiger partial charge in [0.25, 0.3) is 5.91 Å². The van der Waals surface area contributed by atoms with Crippen molar-refractivity contribution < 1.29 is 9.53 Å². The Morgan fingerprint density at radius 3 is 2.59 bits per heavy atom. The lowest BCUT2D eigenvalue weighted by atomic mass is 9.98. The second kappa shape index (κ2) is 8.44. The van der Waals surface area contributed by atoms with Crippen LogP contribution in [-0.4, -0.2) is 49.7 Å². The van der Waals surface area contributed by atoms with Gasteiger partial charge in [-0.1, -0.05) is 54.2 Å². The van der Waals surface area contributed by atoms with E-state index >= 15 is 0 Å². The quantitative estimate of drug-likeness (QED) is 0.583. The van der Waals surface area contributed by atoms with Crippen molar-refractivity contribution in [3.05, 3.63) is 65.7 Å². The molecule has 0 radical (unpaired) electrons. The normalized spacial score (nSPS) is 16.0. The second-order valence-electron chi connectivity index (χ2n) is 6.52. The Hall–Kier alpha value is -3.20. The van der Waals surface area contributed by atoms with Crippen molar-refractivity contribution in [2.45, 2.75) is 17.6 Å². The third kappa shape index (κ3) is 4.14. The van der Waals surface area contributed by atoms with Gasteiger partial charge in [-0.25, -0.2) is 9.69 Å². The number of amides is 1. The number of nitrogens with zero attached hydrogens (tertiary/aromatic N) is 6. The van der Waals surface area contributed by atoms with Crippen LogP contribution in [0.4, 0.5) is 0 Å². The van der Waals surface area contributed by atoms with Crippen LogP contribution in [0.1, 0.15) is 23.6 Å². The summed E-state index contributed by atoms with van der Waals surface area (Å²) in [7, 11) is 3.38. The van der Waals surface area contributed by atoms with E-state index in [1.54, 1.807) is 23.8 Å². The van der Waals surface area contributed by atoms with E-state index < -0.39 is 0 Å². The van der Waals surface area contributed by atoms with E-state index in [4.69, 9.17) is 4.74 Å². The number of tetrazole rings is 1. The molecule has 1 atom stereocenters. The Balaban J connectivity index is 1.58. The summed E-state index contributed by atoms with van der Waals surface area (Å²) in [6, 6.07) is 17.5. The summed E-state index contributed by atoms with van der Waals surface area (Å²) in [4.78, 5) is 13.0. The van der Waals surface area contributed by atoms with Crippen LogP contribution in [0.3, 0.4) is 0 Å². The molecule has 1 amide bonds. The van der Waals surface area contributed by atoms with Crippen molar-refractivity contribution in [3.8, 4) is 5.75 Å². The molecule has 0 bridgehead atoms. The fraction of sp³-hybridized carbons (Fsp3) is 0.250. The number of carbonyl (C=O) groups is 1. The summed E-state index contributed by atoms with van der Waals surface area (Å²) in [5, 5.41) is 18.2. The molecular weight excluding hydrogens is 388 g/mol. The lowest BCUT2D eigenvalue weighted by molar-refractivity contribution is -0.130. The number of carbonyl (C=O) groups excluding carboxylic acids is 1. The molecule has 0 spiro atoms. The van der Waals surface area contributed by atoms with Gasteiger partial charge < -0.3 is 4.74 Å². The van der Waals surface area contributed by atoms with E-state index in [0.717, 1.165) is 22.6 Å². The average Bonchev–Trinajstić information content (AvgIpc) is 3.39. The molecular formula is C20H20N6O2S. The zero-order valence-corrected chi connectivity index (χ0v) is 16.9. The molecule has 0 aliphatic carbocycles. The molecule has 1 unspecified atom stereocenters. The van der Waals surface area contributed by atoms with Crippen molar-refractivity contribution in [1.29, 1.82) is 0 Å². The minimum atomic E-state index is -0.165. The number of hydrazone groups is 1. The molecule has 0 saturated carbocycles. The number of aromatic nitrogens is 4. The van der Waals surface area contributed by atoms with E-state index in [1.165, 1.54) is 11.8 Å². The fourth-order valence-corrected chi connectivity index (χ4v) is 3.87. The van der Waals surface area contributed by atoms with Gasteiger partial charge in [-0.05, 0) is 33.7 Å². The predicted octanol–water partition coefficient (Wildman–Crippen LogP) is 2.69. The van der Waals surface area contributed by atoms with Gasteiger partial charge in [-0.3, -0.25) is 4.79 Å². The molecule has 8 nitrogen and oxygen atoms in total. The maximum atomic E-state index is 13.0. The van der Waals surface area contributed by atoms with E-state index in [1.807, 2.05) is 54.6 Å². The fourth-order valence-electron chi connectivity index (χ4n) is 3.17. The molecule has 0 fully saturated rings. The Morgan fingerprint density at radius 2 is 1.93 bits per heavy atom. The number of methoxy groups -OCH3 is 1. The van der Waals surface area contributed by atoms with Crippen molar-refractivity contribution in [2.75, 3.05) is 12.9 Å². The monoisotopic (exact) mass is 408 g/mol. The van der Waals surface area contributed by atoms with Crippen LogP contribution in [0, 0.1) is 0 Å². The van der Waals surface area contributed by atoms with E-state index in [-0.39, 0.29) is 17.7 Å². The standard InChI is InChI=1S/C20H20N6O2S/c1-25-20(21-23-24-25)29-13-19(27)26-18(15-8-10-16(28-2)11-9-15)12-17(22-26)14-6-4-3-5-7-14/h3-11,18H,12-13H2,1-2H3. The second-order valence-corrected chi connectivity index (χ2v) is 7.46. The molecule has 4 rings (SSSR count). The summed E-state index contributed by atoms with van der Waals surface area (Å²) < 4.78 is 6.80. The summed E-state index contributed by atoms with van der Waals surface area (Å²) in [5.41, 5.74) is 2.93. The van der Waals surface area contributed by atoms with Crippen molar-refractivity contribution >= 4 is 23.4 Å². The molecule has 2 heterocycles. The summed E-state index contributed by atoms with van der Waals surface area (Å²) in [6.45, 7) is 0. The summed E-state index contributed by atoms with van der Waals surface area (Å²) in [5.74, 6) is 0.885. The Morgan fingerprint density at radius 1 is 1.17 bits per heavy atom. The maximum Gasteiger partial charge on any atom is 0.253 e. The number of aryl methyl sites for hydroxylation is 1. The first-order chi connectivity index (χ1) is 14.2. The van der Waals surface area contributed by atoms with Gasteiger partial charge in [0, 0.05) is 13.5 Å². The van der Waals surface area contributed by atoms with Crippen LogP contribution in [0.5, 0.6) is 5.75 Å². The zero-order chi connectivity index (χ0) is 20.2. The van der Waals surface area contributed by atoms with Gasteiger partial charge >= 0.3 is 0 Å². The zero-order valence-electron chi connectivity index (χ0n) is 16.1. The molecule has 1 aromatic heterocycles. The number of rotatable bonds is 6. The van der Waals surface area contributed by atoms with Crippen LogP contribution < -0.4 is 4.74 Å². The van der Waals surface area contributed by atoms with E-state index in [0.29, 0.717) is 11.6 Å². The predicted molar refractivity (Wildman–Crippen MR) is 110 cm³/mol.